The fourth-order valence-electron chi connectivity index (χ4n) is 2.80. The van der Waals surface area contributed by atoms with Gasteiger partial charge in [0.1, 0.15) is 11.8 Å². The zero-order valence-corrected chi connectivity index (χ0v) is 20.3. The second kappa shape index (κ2) is 11.6. The number of ether oxygens (including phenoxy) is 1. The zero-order valence-electron chi connectivity index (χ0n) is 18.0. The highest BCUT2D eigenvalue weighted by atomic mass is 35.5. The van der Waals surface area contributed by atoms with Crippen molar-refractivity contribution in [2.75, 3.05) is 13.2 Å². The van der Waals surface area contributed by atoms with Crippen LogP contribution in [0.5, 0.6) is 5.75 Å². The smallest absolute Gasteiger partial charge is 0.261 e. The fourth-order valence-corrected chi connectivity index (χ4v) is 3.24. The first kappa shape index (κ1) is 25.3. The minimum absolute atomic E-state index is 0.189. The van der Waals surface area contributed by atoms with Crippen molar-refractivity contribution in [3.63, 3.8) is 0 Å². The summed E-state index contributed by atoms with van der Waals surface area (Å²) in [4.78, 5) is 27.2. The molecular weight excluding hydrogens is 459 g/mol. The summed E-state index contributed by atoms with van der Waals surface area (Å²) in [5, 5.41) is 4.31. The molecule has 1 N–H and O–H groups in total. The standard InChI is InChI=1S/C23H27Cl3N2O3/c1-14(2)11-27-23(30)16(4)28(12-17-5-7-20(25)21(26)10-17)22(29)13-31-18-6-8-19(24)15(3)9-18/h5-10,14,16H,11-13H2,1-4H3,(H,27,30)/t16-/m1/s1. The number of nitrogens with zero attached hydrogens (tertiary/aromatic N) is 1. The Balaban J connectivity index is 2.17. The summed E-state index contributed by atoms with van der Waals surface area (Å²) in [6.07, 6.45) is 0. The van der Waals surface area contributed by atoms with E-state index in [2.05, 4.69) is 5.32 Å². The molecule has 0 spiro atoms. The molecule has 168 valence electrons. The molecule has 0 aliphatic rings. The van der Waals surface area contributed by atoms with Crippen LogP contribution in [0, 0.1) is 12.8 Å². The molecule has 0 heterocycles. The lowest BCUT2D eigenvalue weighted by Gasteiger charge is -2.29. The van der Waals surface area contributed by atoms with Gasteiger partial charge in [0.2, 0.25) is 5.91 Å². The molecule has 5 nitrogen and oxygen atoms in total. The number of nitrogens with one attached hydrogen (secondary N) is 1. The monoisotopic (exact) mass is 484 g/mol. The Bertz CT molecular complexity index is 934. The van der Waals surface area contributed by atoms with Crippen molar-refractivity contribution in [1.82, 2.24) is 10.2 Å². The number of aryl methyl sites for hydroxylation is 1. The Labute approximate surface area is 198 Å². The lowest BCUT2D eigenvalue weighted by molar-refractivity contribution is -0.142. The van der Waals surface area contributed by atoms with E-state index >= 15 is 0 Å². The normalized spacial score (nSPS) is 11.9. The summed E-state index contributed by atoms with van der Waals surface area (Å²) in [6.45, 7) is 8.06. The number of halogens is 3. The minimum Gasteiger partial charge on any atom is -0.484 e. The molecule has 0 bridgehead atoms. The molecule has 8 heteroatoms. The molecule has 2 aromatic carbocycles. The van der Waals surface area contributed by atoms with Gasteiger partial charge in [-0.05, 0) is 61.2 Å². The van der Waals surface area contributed by atoms with Crippen molar-refractivity contribution in [2.24, 2.45) is 5.92 Å². The number of carbonyl (C=O) groups excluding carboxylic acids is 2. The molecular formula is C23H27Cl3N2O3. The Hall–Kier alpha value is -1.95. The van der Waals surface area contributed by atoms with Gasteiger partial charge >= 0.3 is 0 Å². The second-order valence-electron chi connectivity index (χ2n) is 7.78. The second-order valence-corrected chi connectivity index (χ2v) is 9.01. The Morgan fingerprint density at radius 3 is 2.29 bits per heavy atom. The summed E-state index contributed by atoms with van der Waals surface area (Å²) in [7, 11) is 0. The predicted molar refractivity (Wildman–Crippen MR) is 126 cm³/mol. The van der Waals surface area contributed by atoms with Gasteiger partial charge in [0, 0.05) is 18.1 Å². The van der Waals surface area contributed by atoms with E-state index in [0.717, 1.165) is 11.1 Å². The summed E-state index contributed by atoms with van der Waals surface area (Å²) >= 11 is 18.2. The van der Waals surface area contributed by atoms with Gasteiger partial charge in [0.05, 0.1) is 10.0 Å². The van der Waals surface area contributed by atoms with Gasteiger partial charge in [-0.1, -0.05) is 54.7 Å². The summed E-state index contributed by atoms with van der Waals surface area (Å²) in [5.41, 5.74) is 1.61. The SMILES string of the molecule is Cc1cc(OCC(=O)N(Cc2ccc(Cl)c(Cl)c2)[C@H](C)C(=O)NCC(C)C)ccc1Cl. The van der Waals surface area contributed by atoms with Crippen LogP contribution in [0.1, 0.15) is 31.9 Å². The van der Waals surface area contributed by atoms with Gasteiger partial charge in [-0.3, -0.25) is 9.59 Å². The molecule has 2 rings (SSSR count). The quantitative estimate of drug-likeness (QED) is 0.508. The third kappa shape index (κ3) is 7.60. The van der Waals surface area contributed by atoms with Gasteiger partial charge in [-0.15, -0.1) is 0 Å². The summed E-state index contributed by atoms with van der Waals surface area (Å²) < 4.78 is 5.66. The Morgan fingerprint density at radius 2 is 1.68 bits per heavy atom. The van der Waals surface area contributed by atoms with Crippen molar-refractivity contribution in [1.29, 1.82) is 0 Å². The van der Waals surface area contributed by atoms with Crippen molar-refractivity contribution in [3.05, 3.63) is 62.6 Å². The van der Waals surface area contributed by atoms with Crippen LogP contribution in [0.15, 0.2) is 36.4 Å². The van der Waals surface area contributed by atoms with Crippen LogP contribution in [-0.2, 0) is 16.1 Å². The molecule has 0 aromatic heterocycles. The van der Waals surface area contributed by atoms with E-state index in [0.29, 0.717) is 33.3 Å². The van der Waals surface area contributed by atoms with E-state index in [1.165, 1.54) is 4.90 Å². The van der Waals surface area contributed by atoms with E-state index in [4.69, 9.17) is 39.5 Å². The molecule has 0 aliphatic heterocycles. The number of hydrogen-bond donors (Lipinski definition) is 1. The highest BCUT2D eigenvalue weighted by Gasteiger charge is 2.26. The van der Waals surface area contributed by atoms with Crippen molar-refractivity contribution in [2.45, 2.75) is 40.3 Å². The summed E-state index contributed by atoms with van der Waals surface area (Å²) in [5.74, 6) is 0.267. The lowest BCUT2D eigenvalue weighted by atomic mass is 10.1. The molecule has 1 atom stereocenters. The van der Waals surface area contributed by atoms with E-state index in [1.807, 2.05) is 20.8 Å². The third-order valence-electron chi connectivity index (χ3n) is 4.68. The number of rotatable bonds is 9. The highest BCUT2D eigenvalue weighted by molar-refractivity contribution is 6.42. The molecule has 0 unspecified atom stereocenters. The first-order valence-corrected chi connectivity index (χ1v) is 11.1. The highest BCUT2D eigenvalue weighted by Crippen LogP contribution is 2.24. The molecule has 0 saturated heterocycles. The van der Waals surface area contributed by atoms with Gasteiger partial charge in [-0.2, -0.15) is 0 Å². The van der Waals surface area contributed by atoms with Crippen LogP contribution in [0.3, 0.4) is 0 Å². The van der Waals surface area contributed by atoms with E-state index < -0.39 is 6.04 Å². The van der Waals surface area contributed by atoms with Gasteiger partial charge in [-0.25, -0.2) is 0 Å². The van der Waals surface area contributed by atoms with Crippen LogP contribution >= 0.6 is 34.8 Å². The lowest BCUT2D eigenvalue weighted by Crippen LogP contribution is -2.49. The first-order valence-electron chi connectivity index (χ1n) is 9.98. The van der Waals surface area contributed by atoms with Crippen molar-refractivity contribution in [3.8, 4) is 5.75 Å². The molecule has 0 saturated carbocycles. The molecule has 2 amide bonds. The molecule has 0 radical (unpaired) electrons. The van der Waals surface area contributed by atoms with Crippen LogP contribution in [0.4, 0.5) is 0 Å². The van der Waals surface area contributed by atoms with E-state index in [1.54, 1.807) is 43.3 Å². The molecule has 0 aliphatic carbocycles. The fraction of sp³-hybridized carbons (Fsp3) is 0.391. The maximum Gasteiger partial charge on any atom is 0.261 e. The van der Waals surface area contributed by atoms with Crippen LogP contribution in [-0.4, -0.2) is 35.9 Å². The maximum absolute atomic E-state index is 13.0. The van der Waals surface area contributed by atoms with Crippen molar-refractivity contribution < 1.29 is 14.3 Å². The molecule has 31 heavy (non-hydrogen) atoms. The van der Waals surface area contributed by atoms with E-state index in [9.17, 15) is 9.59 Å². The summed E-state index contributed by atoms with van der Waals surface area (Å²) in [6, 6.07) is 9.60. The number of hydrogen-bond acceptors (Lipinski definition) is 3. The number of carbonyl (C=O) groups is 2. The minimum atomic E-state index is -0.698. The third-order valence-corrected chi connectivity index (χ3v) is 5.84. The van der Waals surface area contributed by atoms with Crippen LogP contribution in [0.2, 0.25) is 15.1 Å². The predicted octanol–water partition coefficient (Wildman–Crippen LogP) is 5.52. The number of amides is 2. The maximum atomic E-state index is 13.0. The van der Waals surface area contributed by atoms with Crippen molar-refractivity contribution >= 4 is 46.6 Å². The first-order chi connectivity index (χ1) is 14.6. The van der Waals surface area contributed by atoms with Gasteiger partial charge in [0.25, 0.3) is 5.91 Å². The zero-order chi connectivity index (χ0) is 23.1. The van der Waals surface area contributed by atoms with Gasteiger partial charge in [0.15, 0.2) is 6.61 Å². The van der Waals surface area contributed by atoms with E-state index in [-0.39, 0.29) is 25.0 Å². The van der Waals surface area contributed by atoms with Crippen LogP contribution < -0.4 is 10.1 Å². The average molecular weight is 486 g/mol. The number of benzene rings is 2. The van der Waals surface area contributed by atoms with Crippen LogP contribution in [0.25, 0.3) is 0 Å². The molecule has 2 aromatic rings. The largest absolute Gasteiger partial charge is 0.484 e. The molecule has 0 fully saturated rings. The topological polar surface area (TPSA) is 58.6 Å². The van der Waals surface area contributed by atoms with Gasteiger partial charge < -0.3 is 15.0 Å². The Morgan fingerprint density at radius 1 is 1.00 bits per heavy atom. The average Bonchev–Trinajstić information content (AvgIpc) is 2.72. The Kier molecular flexibility index (Phi) is 9.48.